The van der Waals surface area contributed by atoms with Gasteiger partial charge in [-0.3, -0.25) is 0 Å². The first-order valence-electron chi connectivity index (χ1n) is 16.1. The molecule has 0 spiro atoms. The normalized spacial score (nSPS) is 11.3. The quantitative estimate of drug-likeness (QED) is 0.182. The van der Waals surface area contributed by atoms with Crippen molar-refractivity contribution in [3.05, 3.63) is 164 Å². The summed E-state index contributed by atoms with van der Waals surface area (Å²) in [5, 5.41) is 0.948. The first-order valence-corrected chi connectivity index (χ1v) is 16.1. The van der Waals surface area contributed by atoms with Gasteiger partial charge in [0.2, 0.25) is 0 Å². The summed E-state index contributed by atoms with van der Waals surface area (Å²) in [5.74, 6) is 1.77. The van der Waals surface area contributed by atoms with Gasteiger partial charge < -0.3 is 4.42 Å². The lowest BCUT2D eigenvalue weighted by atomic mass is 10.0. The Labute approximate surface area is 282 Å². The van der Waals surface area contributed by atoms with E-state index in [2.05, 4.69) is 53.5 Å². The van der Waals surface area contributed by atoms with Crippen LogP contribution in [-0.4, -0.2) is 24.9 Å². The molecule has 230 valence electrons. The molecule has 6 nitrogen and oxygen atoms in total. The Morgan fingerprint density at radius 2 is 0.878 bits per heavy atom. The molecule has 0 saturated carbocycles. The standard InChI is InChI=1S/C43H27N5O/c1-4-13-28(14-5-1)31-19-10-21-33(25-31)42-46-41(30-17-8-3-9-18-30)47-43(48-42)34-22-11-20-32(26-34)37-40-38(45-27-44-37)36-24-12-23-35(39(36)49-40)29-15-6-2-7-16-29/h1-27H. The third kappa shape index (κ3) is 5.31. The van der Waals surface area contributed by atoms with Gasteiger partial charge in [-0.2, -0.15) is 0 Å². The van der Waals surface area contributed by atoms with Gasteiger partial charge in [-0.1, -0.05) is 140 Å². The van der Waals surface area contributed by atoms with E-state index in [0.29, 0.717) is 28.8 Å². The molecule has 3 heterocycles. The summed E-state index contributed by atoms with van der Waals surface area (Å²) < 4.78 is 6.60. The monoisotopic (exact) mass is 629 g/mol. The number of hydrogen-bond donors (Lipinski definition) is 0. The highest BCUT2D eigenvalue weighted by atomic mass is 16.3. The zero-order valence-corrected chi connectivity index (χ0v) is 26.2. The van der Waals surface area contributed by atoms with E-state index in [0.717, 1.165) is 61.0 Å². The van der Waals surface area contributed by atoms with Crippen molar-refractivity contribution < 1.29 is 4.42 Å². The van der Waals surface area contributed by atoms with Crippen LogP contribution in [0, 0.1) is 0 Å². The van der Waals surface area contributed by atoms with Gasteiger partial charge in [0.25, 0.3) is 0 Å². The van der Waals surface area contributed by atoms with Crippen LogP contribution in [0.25, 0.3) is 89.7 Å². The van der Waals surface area contributed by atoms with E-state index in [1.165, 1.54) is 0 Å². The molecule has 6 heteroatoms. The van der Waals surface area contributed by atoms with Crippen molar-refractivity contribution in [2.45, 2.75) is 0 Å². The van der Waals surface area contributed by atoms with E-state index in [4.69, 9.17) is 24.4 Å². The van der Waals surface area contributed by atoms with Gasteiger partial charge in [-0.25, -0.2) is 24.9 Å². The fourth-order valence-electron chi connectivity index (χ4n) is 6.27. The van der Waals surface area contributed by atoms with Crippen molar-refractivity contribution in [2.24, 2.45) is 0 Å². The molecule has 9 rings (SSSR count). The summed E-state index contributed by atoms with van der Waals surface area (Å²) >= 11 is 0. The molecule has 0 fully saturated rings. The molecule has 6 aromatic carbocycles. The molecule has 0 saturated heterocycles. The van der Waals surface area contributed by atoms with Crippen LogP contribution in [0.5, 0.6) is 0 Å². The molecule has 0 amide bonds. The number of nitrogens with zero attached hydrogens (tertiary/aromatic N) is 5. The van der Waals surface area contributed by atoms with Crippen LogP contribution >= 0.6 is 0 Å². The number of furan rings is 1. The molecule has 0 aliphatic carbocycles. The molecule has 0 unspecified atom stereocenters. The average Bonchev–Trinajstić information content (AvgIpc) is 3.58. The summed E-state index contributed by atoms with van der Waals surface area (Å²) in [6.07, 6.45) is 1.60. The fraction of sp³-hybridized carbons (Fsp3) is 0. The Bertz CT molecular complexity index is 2600. The van der Waals surface area contributed by atoms with E-state index in [9.17, 15) is 0 Å². The van der Waals surface area contributed by atoms with Crippen LogP contribution in [0.15, 0.2) is 168 Å². The Morgan fingerprint density at radius 1 is 0.367 bits per heavy atom. The Kier molecular flexibility index (Phi) is 7.02. The van der Waals surface area contributed by atoms with Crippen molar-refractivity contribution >= 4 is 22.1 Å². The van der Waals surface area contributed by atoms with Gasteiger partial charge in [0.05, 0.1) is 0 Å². The van der Waals surface area contributed by atoms with Crippen LogP contribution in [0.3, 0.4) is 0 Å². The van der Waals surface area contributed by atoms with Gasteiger partial charge in [-0.05, 0) is 34.9 Å². The SMILES string of the molecule is c1ccc(-c2cccc(-c3nc(-c4ccccc4)nc(-c4cccc(-c5ncnc6c5oc5c(-c7ccccc7)cccc56)c4)n3)c2)cc1. The number of fused-ring (bicyclic) bond motifs is 3. The Balaban J connectivity index is 1.18. The van der Waals surface area contributed by atoms with Crippen LogP contribution < -0.4 is 0 Å². The lowest BCUT2D eigenvalue weighted by molar-refractivity contribution is 0.668. The lowest BCUT2D eigenvalue weighted by Gasteiger charge is -2.10. The van der Waals surface area contributed by atoms with Crippen molar-refractivity contribution in [2.75, 3.05) is 0 Å². The summed E-state index contributed by atoms with van der Waals surface area (Å²) in [7, 11) is 0. The van der Waals surface area contributed by atoms with Crippen molar-refractivity contribution in [3.8, 4) is 67.7 Å². The summed E-state index contributed by atoms with van der Waals surface area (Å²) in [5.41, 5.74) is 10.8. The maximum atomic E-state index is 6.60. The Morgan fingerprint density at radius 3 is 1.55 bits per heavy atom. The third-order valence-electron chi connectivity index (χ3n) is 8.65. The van der Waals surface area contributed by atoms with Crippen LogP contribution in [0.4, 0.5) is 0 Å². The number of hydrogen-bond acceptors (Lipinski definition) is 6. The van der Waals surface area contributed by atoms with Crippen LogP contribution in [-0.2, 0) is 0 Å². The Hall–Kier alpha value is -6.79. The second-order valence-corrected chi connectivity index (χ2v) is 11.8. The largest absolute Gasteiger partial charge is 0.451 e. The highest BCUT2D eigenvalue weighted by Crippen LogP contribution is 2.38. The molecule has 0 N–H and O–H groups in total. The van der Waals surface area contributed by atoms with E-state index >= 15 is 0 Å². The maximum absolute atomic E-state index is 6.60. The van der Waals surface area contributed by atoms with Crippen LogP contribution in [0.2, 0.25) is 0 Å². The molecular formula is C43H27N5O. The minimum atomic E-state index is 0.567. The summed E-state index contributed by atoms with van der Waals surface area (Å²) in [4.78, 5) is 24.3. The molecule has 49 heavy (non-hydrogen) atoms. The predicted octanol–water partition coefficient (Wildman–Crippen LogP) is 10.6. The van der Waals surface area contributed by atoms with Gasteiger partial charge in [-0.15, -0.1) is 0 Å². The highest BCUT2D eigenvalue weighted by Gasteiger charge is 2.19. The molecule has 0 atom stereocenters. The lowest BCUT2D eigenvalue weighted by Crippen LogP contribution is -2.00. The van der Waals surface area contributed by atoms with E-state index in [-0.39, 0.29) is 0 Å². The zero-order chi connectivity index (χ0) is 32.6. The van der Waals surface area contributed by atoms with E-state index < -0.39 is 0 Å². The number of para-hydroxylation sites is 1. The summed E-state index contributed by atoms with van der Waals surface area (Å²) in [6, 6.07) is 53.2. The number of aromatic nitrogens is 5. The first-order chi connectivity index (χ1) is 24.3. The van der Waals surface area contributed by atoms with E-state index in [1.54, 1.807) is 6.33 Å². The summed E-state index contributed by atoms with van der Waals surface area (Å²) in [6.45, 7) is 0. The van der Waals surface area contributed by atoms with Gasteiger partial charge in [0, 0.05) is 33.2 Å². The highest BCUT2D eigenvalue weighted by molar-refractivity contribution is 6.10. The van der Waals surface area contributed by atoms with Crippen molar-refractivity contribution in [1.82, 2.24) is 24.9 Å². The molecule has 0 bridgehead atoms. The molecule has 0 aliphatic heterocycles. The first kappa shape index (κ1) is 28.4. The number of rotatable bonds is 6. The van der Waals surface area contributed by atoms with Gasteiger partial charge in [0.15, 0.2) is 23.1 Å². The van der Waals surface area contributed by atoms with Crippen molar-refractivity contribution in [1.29, 1.82) is 0 Å². The maximum Gasteiger partial charge on any atom is 0.180 e. The molecule has 0 radical (unpaired) electrons. The zero-order valence-electron chi connectivity index (χ0n) is 26.2. The second-order valence-electron chi connectivity index (χ2n) is 11.8. The molecule has 0 aliphatic rings. The minimum Gasteiger partial charge on any atom is -0.451 e. The smallest absolute Gasteiger partial charge is 0.180 e. The fourth-order valence-corrected chi connectivity index (χ4v) is 6.27. The van der Waals surface area contributed by atoms with E-state index in [1.807, 2.05) is 109 Å². The molecule has 9 aromatic rings. The number of benzene rings is 6. The van der Waals surface area contributed by atoms with Crippen molar-refractivity contribution in [3.63, 3.8) is 0 Å². The van der Waals surface area contributed by atoms with Crippen LogP contribution in [0.1, 0.15) is 0 Å². The topological polar surface area (TPSA) is 77.6 Å². The van der Waals surface area contributed by atoms with Gasteiger partial charge in [0.1, 0.15) is 23.1 Å². The average molecular weight is 630 g/mol. The van der Waals surface area contributed by atoms with Gasteiger partial charge >= 0.3 is 0 Å². The second kappa shape index (κ2) is 12.1. The third-order valence-corrected chi connectivity index (χ3v) is 8.65. The predicted molar refractivity (Wildman–Crippen MR) is 195 cm³/mol. The molecule has 3 aromatic heterocycles. The molecular weight excluding hydrogens is 603 g/mol. The minimum absolute atomic E-state index is 0.567.